The number of ether oxygens (including phenoxy) is 1. The Morgan fingerprint density at radius 2 is 2.07 bits per heavy atom. The van der Waals surface area contributed by atoms with Crippen molar-refractivity contribution in [2.24, 2.45) is 5.84 Å². The summed E-state index contributed by atoms with van der Waals surface area (Å²) in [5, 5.41) is 0.497. The van der Waals surface area contributed by atoms with Crippen molar-refractivity contribution in [3.63, 3.8) is 0 Å². The Labute approximate surface area is 85.3 Å². The lowest BCUT2D eigenvalue weighted by Crippen LogP contribution is -2.39. The maximum absolute atomic E-state index is 12.5. The highest BCUT2D eigenvalue weighted by Crippen LogP contribution is 2.35. The number of halogens is 3. The van der Waals surface area contributed by atoms with Gasteiger partial charge in [0.15, 0.2) is 5.76 Å². The third-order valence-electron chi connectivity index (χ3n) is 1.69. The topological polar surface area (TPSA) is 41.8 Å². The number of hydrogen-bond donors (Lipinski definition) is 1. The number of nitrogens with zero attached hydrogens (tertiary/aromatic N) is 1. The summed E-state index contributed by atoms with van der Waals surface area (Å²) < 4.78 is 42.3. The van der Waals surface area contributed by atoms with E-state index in [-0.39, 0.29) is 11.3 Å². The van der Waals surface area contributed by atoms with Crippen LogP contribution in [0.5, 0.6) is 0 Å². The molecular formula is C9H11F3N2O. The smallest absolute Gasteiger partial charge is 0.432 e. The number of hydrogen-bond acceptors (Lipinski definition) is 3. The third kappa shape index (κ3) is 2.76. The lowest BCUT2D eigenvalue weighted by Gasteiger charge is -2.21. The van der Waals surface area contributed by atoms with E-state index in [1.54, 1.807) is 0 Å². The van der Waals surface area contributed by atoms with Gasteiger partial charge in [-0.3, -0.25) is 5.01 Å². The van der Waals surface area contributed by atoms with Crippen molar-refractivity contribution in [3.05, 3.63) is 36.3 Å². The second kappa shape index (κ2) is 3.62. The molecule has 1 unspecified atom stereocenters. The van der Waals surface area contributed by atoms with Crippen molar-refractivity contribution >= 4 is 0 Å². The Morgan fingerprint density at radius 1 is 1.60 bits per heavy atom. The van der Waals surface area contributed by atoms with E-state index in [2.05, 4.69) is 17.9 Å². The van der Waals surface area contributed by atoms with Gasteiger partial charge in [-0.2, -0.15) is 13.2 Å². The molecule has 2 N–H and O–H groups in total. The fourth-order valence-electron chi connectivity index (χ4n) is 0.984. The number of epoxide rings is 1. The average Bonchev–Trinajstić information content (AvgIpc) is 2.75. The van der Waals surface area contributed by atoms with Crippen LogP contribution in [0.3, 0.4) is 0 Å². The van der Waals surface area contributed by atoms with Crippen LogP contribution in [0.1, 0.15) is 6.92 Å². The van der Waals surface area contributed by atoms with Crippen molar-refractivity contribution in [3.8, 4) is 0 Å². The largest absolute Gasteiger partial charge is 0.460 e. The van der Waals surface area contributed by atoms with Crippen molar-refractivity contribution in [2.45, 2.75) is 19.3 Å². The zero-order valence-corrected chi connectivity index (χ0v) is 8.14. The van der Waals surface area contributed by atoms with Crippen LogP contribution in [0, 0.1) is 0 Å². The lowest BCUT2D eigenvalue weighted by molar-refractivity contribution is -0.115. The van der Waals surface area contributed by atoms with Crippen LogP contribution in [0.2, 0.25) is 0 Å². The number of alkyl halides is 3. The van der Waals surface area contributed by atoms with Crippen LogP contribution in [0.15, 0.2) is 36.3 Å². The molecule has 0 aromatic rings. The summed E-state index contributed by atoms with van der Waals surface area (Å²) in [5.74, 6) is 5.48. The van der Waals surface area contributed by atoms with Crippen LogP contribution in [-0.4, -0.2) is 17.4 Å². The van der Waals surface area contributed by atoms with Crippen LogP contribution >= 0.6 is 0 Å². The van der Waals surface area contributed by atoms with Crippen LogP contribution in [0.25, 0.3) is 0 Å². The highest BCUT2D eigenvalue weighted by molar-refractivity contribution is 5.24. The maximum Gasteiger partial charge on any atom is 0.432 e. The quantitative estimate of drug-likeness (QED) is 0.342. The molecule has 1 heterocycles. The summed E-state index contributed by atoms with van der Waals surface area (Å²) in [5.41, 5.74) is -0.748. The number of rotatable bonds is 3. The molecule has 0 bridgehead atoms. The van der Waals surface area contributed by atoms with Crippen LogP contribution in [0.4, 0.5) is 13.2 Å². The zero-order chi connectivity index (χ0) is 11.8. The zero-order valence-electron chi connectivity index (χ0n) is 8.14. The molecule has 1 saturated heterocycles. The van der Waals surface area contributed by atoms with Gasteiger partial charge in [0.05, 0.1) is 0 Å². The minimum Gasteiger partial charge on any atom is -0.460 e. The summed E-state index contributed by atoms with van der Waals surface area (Å²) in [6.45, 7) is 8.17. The molecule has 84 valence electrons. The first-order chi connectivity index (χ1) is 6.73. The number of nitrogens with two attached hydrogens (primary N) is 1. The summed E-state index contributed by atoms with van der Waals surface area (Å²) >= 11 is 0. The summed E-state index contributed by atoms with van der Waals surface area (Å²) in [4.78, 5) is 0. The van der Waals surface area contributed by atoms with Gasteiger partial charge >= 0.3 is 6.18 Å². The Bertz CT molecular complexity index is 333. The number of allylic oxidation sites excluding steroid dienone is 3. The van der Waals surface area contributed by atoms with E-state index < -0.39 is 18.1 Å². The molecule has 1 atom stereocenters. The molecule has 0 aromatic carbocycles. The van der Waals surface area contributed by atoms with Crippen molar-refractivity contribution < 1.29 is 17.9 Å². The number of hydrazine groups is 1. The van der Waals surface area contributed by atoms with Gasteiger partial charge in [0.2, 0.25) is 6.23 Å². The first-order valence-electron chi connectivity index (χ1n) is 4.07. The first kappa shape index (κ1) is 11.6. The first-order valence-corrected chi connectivity index (χ1v) is 4.07. The standard InChI is InChI=1S/C9H11F3N2O/c1-5(2)4-7(9(10,11)12)14(13)8-6(3)15-8/h4,8H,1,3,13H2,2H3/b7-4-. The van der Waals surface area contributed by atoms with E-state index in [1.165, 1.54) is 6.92 Å². The molecule has 0 aromatic heterocycles. The van der Waals surface area contributed by atoms with Gasteiger partial charge in [-0.1, -0.05) is 18.7 Å². The minimum atomic E-state index is -4.54. The maximum atomic E-state index is 12.5. The third-order valence-corrected chi connectivity index (χ3v) is 1.69. The minimum absolute atomic E-state index is 0.217. The van der Waals surface area contributed by atoms with Crippen LogP contribution < -0.4 is 5.84 Å². The molecule has 15 heavy (non-hydrogen) atoms. The van der Waals surface area contributed by atoms with E-state index in [9.17, 15) is 13.2 Å². The Balaban J connectivity index is 2.91. The van der Waals surface area contributed by atoms with Crippen LogP contribution in [-0.2, 0) is 4.74 Å². The van der Waals surface area contributed by atoms with Gasteiger partial charge in [-0.05, 0) is 13.0 Å². The Hall–Kier alpha value is -1.43. The molecule has 3 nitrogen and oxygen atoms in total. The normalized spacial score (nSPS) is 21.0. The second-order valence-electron chi connectivity index (χ2n) is 3.22. The van der Waals surface area contributed by atoms with Crippen molar-refractivity contribution in [1.82, 2.24) is 5.01 Å². The summed E-state index contributed by atoms with van der Waals surface area (Å²) in [6.07, 6.45) is -4.58. The summed E-state index contributed by atoms with van der Waals surface area (Å²) in [7, 11) is 0. The molecule has 0 spiro atoms. The van der Waals surface area contributed by atoms with Gasteiger partial charge in [0.25, 0.3) is 0 Å². The molecule has 0 aliphatic carbocycles. The van der Waals surface area contributed by atoms with E-state index in [4.69, 9.17) is 5.84 Å². The average molecular weight is 220 g/mol. The predicted molar refractivity (Wildman–Crippen MR) is 49.0 cm³/mol. The molecule has 0 amide bonds. The lowest BCUT2D eigenvalue weighted by atomic mass is 10.2. The Morgan fingerprint density at radius 3 is 2.33 bits per heavy atom. The molecule has 1 rings (SSSR count). The molecular weight excluding hydrogens is 209 g/mol. The van der Waals surface area contributed by atoms with E-state index in [0.29, 0.717) is 5.01 Å². The predicted octanol–water partition coefficient (Wildman–Crippen LogP) is 2.05. The fraction of sp³-hybridized carbons (Fsp3) is 0.333. The van der Waals surface area contributed by atoms with Gasteiger partial charge in [0.1, 0.15) is 5.70 Å². The monoisotopic (exact) mass is 220 g/mol. The SMILES string of the molecule is C=C(C)/C=C(\N(N)C1OC1=C)C(F)(F)F. The van der Waals surface area contributed by atoms with Crippen molar-refractivity contribution in [1.29, 1.82) is 0 Å². The van der Waals surface area contributed by atoms with Crippen molar-refractivity contribution in [2.75, 3.05) is 0 Å². The molecule has 0 radical (unpaired) electrons. The van der Waals surface area contributed by atoms with E-state index >= 15 is 0 Å². The second-order valence-corrected chi connectivity index (χ2v) is 3.22. The molecule has 6 heteroatoms. The van der Waals surface area contributed by atoms with Gasteiger partial charge in [-0.25, -0.2) is 5.84 Å². The molecule has 0 saturated carbocycles. The van der Waals surface area contributed by atoms with Gasteiger partial charge in [0, 0.05) is 0 Å². The highest BCUT2D eigenvalue weighted by atomic mass is 19.4. The highest BCUT2D eigenvalue weighted by Gasteiger charge is 2.45. The summed E-state index contributed by atoms with van der Waals surface area (Å²) in [6, 6.07) is 0. The van der Waals surface area contributed by atoms with E-state index in [1.807, 2.05) is 0 Å². The molecule has 1 aliphatic rings. The molecule has 1 aliphatic heterocycles. The molecule has 1 fully saturated rings. The Kier molecular flexibility index (Phi) is 2.81. The van der Waals surface area contributed by atoms with Gasteiger partial charge < -0.3 is 4.74 Å². The van der Waals surface area contributed by atoms with E-state index in [0.717, 1.165) is 6.08 Å². The fourth-order valence-corrected chi connectivity index (χ4v) is 0.984. The van der Waals surface area contributed by atoms with Gasteiger partial charge in [-0.15, -0.1) is 0 Å².